The first-order valence-electron chi connectivity index (χ1n) is 6.85. The van der Waals surface area contributed by atoms with Gasteiger partial charge in [-0.15, -0.1) is 17.5 Å². The van der Waals surface area contributed by atoms with Crippen molar-refractivity contribution in [2.45, 2.75) is 12.5 Å². The van der Waals surface area contributed by atoms with Gasteiger partial charge in [0.2, 0.25) is 0 Å². The molecule has 0 unspecified atom stereocenters. The normalized spacial score (nSPS) is 17.0. The zero-order valence-electron chi connectivity index (χ0n) is 11.4. The van der Waals surface area contributed by atoms with E-state index in [0.29, 0.717) is 5.69 Å². The van der Waals surface area contributed by atoms with Crippen molar-refractivity contribution in [1.29, 1.82) is 0 Å². The van der Waals surface area contributed by atoms with Crippen LogP contribution in [0.15, 0.2) is 30.5 Å². The fraction of sp³-hybridized carbons (Fsp3) is 0.357. The van der Waals surface area contributed by atoms with Crippen molar-refractivity contribution in [3.05, 3.63) is 41.7 Å². The Morgan fingerprint density at radius 2 is 2.10 bits per heavy atom. The second-order valence-corrected chi connectivity index (χ2v) is 5.20. The Bertz CT molecular complexity index is 667. The lowest BCUT2D eigenvalue weighted by Crippen LogP contribution is -2.44. The van der Waals surface area contributed by atoms with Crippen LogP contribution < -0.4 is 10.2 Å². The molecule has 0 saturated carbocycles. The number of aromatic nitrogens is 3. The number of hydrogen-bond acceptors (Lipinski definition) is 4. The topological polar surface area (TPSA) is 63.1 Å². The number of para-hydroxylation sites is 1. The summed E-state index contributed by atoms with van der Waals surface area (Å²) in [4.78, 5) is 16.0. The second-order valence-electron chi connectivity index (χ2n) is 5.20. The van der Waals surface area contributed by atoms with E-state index >= 15 is 0 Å². The Morgan fingerprint density at radius 3 is 2.86 bits per heavy atom. The number of nitrogens with zero attached hydrogens (tertiary/aromatic N) is 4. The molecule has 0 atom stereocenters. The van der Waals surface area contributed by atoms with Gasteiger partial charge in [0.25, 0.3) is 5.91 Å². The van der Waals surface area contributed by atoms with Crippen LogP contribution in [0.2, 0.25) is 0 Å². The summed E-state index contributed by atoms with van der Waals surface area (Å²) in [5, 5.41) is 11.7. The average Bonchev–Trinajstić information content (AvgIpc) is 3.02. The first-order chi connectivity index (χ1) is 9.83. The molecule has 1 fully saturated rings. The van der Waals surface area contributed by atoms with Crippen LogP contribution in [0.1, 0.15) is 22.1 Å². The molecule has 6 nitrogen and oxygen atoms in total. The summed E-state index contributed by atoms with van der Waals surface area (Å²) in [6, 6.07) is 8.30. The van der Waals surface area contributed by atoms with Crippen LogP contribution in [-0.2, 0) is 6.42 Å². The summed E-state index contributed by atoms with van der Waals surface area (Å²) < 4.78 is 0. The highest BCUT2D eigenvalue weighted by Crippen LogP contribution is 2.28. The molecule has 0 aliphatic carbocycles. The van der Waals surface area contributed by atoms with Crippen molar-refractivity contribution >= 4 is 24.0 Å². The van der Waals surface area contributed by atoms with E-state index in [4.69, 9.17) is 0 Å². The van der Waals surface area contributed by atoms with Gasteiger partial charge in [0.15, 0.2) is 5.69 Å². The van der Waals surface area contributed by atoms with E-state index < -0.39 is 0 Å². The van der Waals surface area contributed by atoms with Gasteiger partial charge in [0.1, 0.15) is 0 Å². The monoisotopic (exact) mass is 305 g/mol. The van der Waals surface area contributed by atoms with Crippen molar-refractivity contribution in [2.75, 3.05) is 24.5 Å². The predicted molar refractivity (Wildman–Crippen MR) is 81.0 cm³/mol. The molecule has 4 rings (SSSR count). The fourth-order valence-corrected chi connectivity index (χ4v) is 2.67. The second kappa shape index (κ2) is 5.46. The highest BCUT2D eigenvalue weighted by Gasteiger charge is 2.28. The van der Waals surface area contributed by atoms with Crippen LogP contribution in [0.3, 0.4) is 0 Å². The lowest BCUT2D eigenvalue weighted by molar-refractivity contribution is 0.0983. The predicted octanol–water partition coefficient (Wildman–Crippen LogP) is 1.05. The van der Waals surface area contributed by atoms with Crippen LogP contribution in [0.4, 0.5) is 5.69 Å². The molecule has 1 aromatic carbocycles. The number of halogens is 1. The maximum atomic E-state index is 12.5. The van der Waals surface area contributed by atoms with Gasteiger partial charge in [-0.1, -0.05) is 18.2 Å². The number of carbonyl (C=O) groups is 1. The average molecular weight is 306 g/mol. The molecule has 1 N–H and O–H groups in total. The van der Waals surface area contributed by atoms with Crippen LogP contribution in [0.5, 0.6) is 0 Å². The lowest BCUT2D eigenvalue weighted by Gasteiger charge is -2.25. The van der Waals surface area contributed by atoms with E-state index in [2.05, 4.69) is 21.6 Å². The summed E-state index contributed by atoms with van der Waals surface area (Å²) in [5.41, 5.74) is 2.64. The number of hydrogen-bond donors (Lipinski definition) is 1. The van der Waals surface area contributed by atoms with Gasteiger partial charge in [-0.25, -0.2) is 0 Å². The zero-order valence-corrected chi connectivity index (χ0v) is 12.2. The number of benzene rings is 1. The highest BCUT2D eigenvalue weighted by molar-refractivity contribution is 6.05. The molecule has 0 spiro atoms. The Hall–Kier alpha value is -1.92. The van der Waals surface area contributed by atoms with E-state index in [0.717, 1.165) is 31.7 Å². The first kappa shape index (κ1) is 14.0. The molecule has 3 heterocycles. The molecule has 1 saturated heterocycles. The molecule has 2 aromatic rings. The van der Waals surface area contributed by atoms with Gasteiger partial charge < -0.3 is 10.2 Å². The SMILES string of the molecule is Cl.O=C(c1cnn(C2CNC2)n1)N1CCc2ccccc21. The van der Waals surface area contributed by atoms with Gasteiger partial charge in [-0.2, -0.15) is 9.90 Å². The summed E-state index contributed by atoms with van der Waals surface area (Å²) in [6.07, 6.45) is 2.48. The summed E-state index contributed by atoms with van der Waals surface area (Å²) in [6.45, 7) is 2.46. The largest absolute Gasteiger partial charge is 0.312 e. The number of nitrogens with one attached hydrogen (secondary N) is 1. The summed E-state index contributed by atoms with van der Waals surface area (Å²) in [7, 11) is 0. The molecule has 110 valence electrons. The standard InChI is InChI=1S/C14H15N5O.ClH/c20-14(12-9-16-19(17-12)11-7-15-8-11)18-6-5-10-3-1-2-4-13(10)18;/h1-4,9,11,15H,5-8H2;1H. The molecule has 1 amide bonds. The minimum Gasteiger partial charge on any atom is -0.312 e. The van der Waals surface area contributed by atoms with Gasteiger partial charge in [-0.05, 0) is 18.1 Å². The van der Waals surface area contributed by atoms with Gasteiger partial charge in [0, 0.05) is 25.3 Å². The molecule has 21 heavy (non-hydrogen) atoms. The highest BCUT2D eigenvalue weighted by atomic mass is 35.5. The molecule has 7 heteroatoms. The van der Waals surface area contributed by atoms with E-state index in [1.807, 2.05) is 18.2 Å². The Labute approximate surface area is 128 Å². The molecular weight excluding hydrogens is 290 g/mol. The van der Waals surface area contributed by atoms with E-state index in [1.165, 1.54) is 5.56 Å². The quantitative estimate of drug-likeness (QED) is 0.901. The van der Waals surface area contributed by atoms with Crippen LogP contribution in [-0.4, -0.2) is 40.5 Å². The zero-order chi connectivity index (χ0) is 13.5. The number of anilines is 1. The number of fused-ring (bicyclic) bond motifs is 1. The van der Waals surface area contributed by atoms with Crippen LogP contribution in [0, 0.1) is 0 Å². The first-order valence-corrected chi connectivity index (χ1v) is 6.85. The summed E-state index contributed by atoms with van der Waals surface area (Å²) >= 11 is 0. The van der Waals surface area contributed by atoms with Crippen molar-refractivity contribution in [3.8, 4) is 0 Å². The minimum atomic E-state index is -0.0616. The summed E-state index contributed by atoms with van der Waals surface area (Å²) in [5.74, 6) is -0.0616. The van der Waals surface area contributed by atoms with Crippen molar-refractivity contribution in [1.82, 2.24) is 20.3 Å². The number of carbonyl (C=O) groups excluding carboxylic acids is 1. The lowest BCUT2D eigenvalue weighted by atomic mass is 10.2. The Kier molecular flexibility index (Phi) is 3.65. The van der Waals surface area contributed by atoms with Gasteiger partial charge in [-0.3, -0.25) is 4.79 Å². The van der Waals surface area contributed by atoms with Gasteiger partial charge in [0.05, 0.1) is 12.2 Å². The molecule has 2 aliphatic rings. The molecule has 0 radical (unpaired) electrons. The number of rotatable bonds is 2. The molecule has 0 bridgehead atoms. The number of amides is 1. The van der Waals surface area contributed by atoms with E-state index in [-0.39, 0.29) is 24.4 Å². The molecule has 1 aromatic heterocycles. The Balaban J connectivity index is 0.00000132. The van der Waals surface area contributed by atoms with Gasteiger partial charge >= 0.3 is 0 Å². The van der Waals surface area contributed by atoms with E-state index in [1.54, 1.807) is 15.9 Å². The minimum absolute atomic E-state index is 0. The third-order valence-electron chi connectivity index (χ3n) is 3.95. The van der Waals surface area contributed by atoms with Crippen molar-refractivity contribution in [2.24, 2.45) is 0 Å². The maximum absolute atomic E-state index is 12.5. The fourth-order valence-electron chi connectivity index (χ4n) is 2.67. The van der Waals surface area contributed by atoms with Crippen LogP contribution >= 0.6 is 12.4 Å². The molecular formula is C14H16ClN5O. The van der Waals surface area contributed by atoms with E-state index in [9.17, 15) is 4.79 Å². The smallest absolute Gasteiger partial charge is 0.280 e. The van der Waals surface area contributed by atoms with Crippen LogP contribution in [0.25, 0.3) is 0 Å². The third kappa shape index (κ3) is 2.30. The third-order valence-corrected chi connectivity index (χ3v) is 3.95. The van der Waals surface area contributed by atoms with Crippen molar-refractivity contribution in [3.63, 3.8) is 0 Å². The van der Waals surface area contributed by atoms with Crippen molar-refractivity contribution < 1.29 is 4.79 Å². The molecule has 2 aliphatic heterocycles. The maximum Gasteiger partial charge on any atom is 0.280 e. The Morgan fingerprint density at radius 1 is 1.29 bits per heavy atom.